The van der Waals surface area contributed by atoms with Crippen molar-refractivity contribution in [2.24, 2.45) is 16.7 Å². The number of rotatable bonds is 1. The van der Waals surface area contributed by atoms with Gasteiger partial charge < -0.3 is 14.2 Å². The van der Waals surface area contributed by atoms with Crippen LogP contribution in [0.5, 0.6) is 0 Å². The Morgan fingerprint density at radius 3 is 2.48 bits per heavy atom. The first-order valence-corrected chi connectivity index (χ1v) is 7.76. The first kappa shape index (κ1) is 15.0. The van der Waals surface area contributed by atoms with E-state index in [0.717, 1.165) is 19.3 Å². The number of ether oxygens (including phenoxy) is 3. The maximum Gasteiger partial charge on any atom is 0.316 e. The van der Waals surface area contributed by atoms with Crippen LogP contribution in [0.25, 0.3) is 0 Å². The fraction of sp³-hybridized carbons (Fsp3) is 0.875. The summed E-state index contributed by atoms with van der Waals surface area (Å²) in [6.45, 7) is 5.36. The summed E-state index contributed by atoms with van der Waals surface area (Å²) in [6.07, 6.45) is 3.60. The van der Waals surface area contributed by atoms with Gasteiger partial charge in [0.25, 0.3) is 0 Å². The largest absolute Gasteiger partial charge is 0.468 e. The zero-order valence-electron chi connectivity index (χ0n) is 13.1. The molecule has 0 radical (unpaired) electrons. The molecule has 1 unspecified atom stereocenters. The summed E-state index contributed by atoms with van der Waals surface area (Å²) < 4.78 is 17.0. The van der Waals surface area contributed by atoms with Gasteiger partial charge in [0.2, 0.25) is 0 Å². The van der Waals surface area contributed by atoms with Crippen molar-refractivity contribution in [1.82, 2.24) is 0 Å². The molecule has 2 spiro atoms. The lowest BCUT2D eigenvalue weighted by molar-refractivity contribution is -0.329. The first-order valence-electron chi connectivity index (χ1n) is 7.76. The van der Waals surface area contributed by atoms with Crippen LogP contribution in [0.1, 0.15) is 46.0 Å². The highest BCUT2D eigenvalue weighted by Crippen LogP contribution is 2.59. The maximum absolute atomic E-state index is 12.9. The molecule has 0 aromatic carbocycles. The van der Waals surface area contributed by atoms with Crippen LogP contribution in [-0.4, -0.2) is 37.9 Å². The Morgan fingerprint density at radius 1 is 1.19 bits per heavy atom. The average molecular weight is 296 g/mol. The van der Waals surface area contributed by atoms with Crippen LogP contribution in [-0.2, 0) is 23.8 Å². The molecule has 5 nitrogen and oxygen atoms in total. The molecule has 2 atom stereocenters. The predicted octanol–water partition coefficient (Wildman–Crippen LogP) is 2.08. The van der Waals surface area contributed by atoms with Crippen molar-refractivity contribution < 1.29 is 23.8 Å². The second-order valence-electron chi connectivity index (χ2n) is 7.41. The molecular weight excluding hydrogens is 272 g/mol. The number of hydrogen-bond acceptors (Lipinski definition) is 5. The lowest BCUT2D eigenvalue weighted by Gasteiger charge is -2.48. The molecule has 2 aliphatic carbocycles. The fourth-order valence-electron chi connectivity index (χ4n) is 4.15. The SMILES string of the molecule is COC(=O)C1CC[C@@]2(CCCC23OCC(C)(C)CO3)C1=O. The van der Waals surface area contributed by atoms with Gasteiger partial charge in [-0.1, -0.05) is 13.8 Å². The Morgan fingerprint density at radius 2 is 1.86 bits per heavy atom. The second-order valence-corrected chi connectivity index (χ2v) is 7.41. The number of ketones is 1. The van der Waals surface area contributed by atoms with Gasteiger partial charge in [-0.25, -0.2) is 0 Å². The molecule has 1 aliphatic heterocycles. The lowest BCUT2D eigenvalue weighted by atomic mass is 9.76. The van der Waals surface area contributed by atoms with Gasteiger partial charge in [-0.3, -0.25) is 9.59 Å². The highest BCUT2D eigenvalue weighted by Gasteiger charge is 2.67. The van der Waals surface area contributed by atoms with Crippen LogP contribution >= 0.6 is 0 Å². The van der Waals surface area contributed by atoms with Crippen molar-refractivity contribution >= 4 is 11.8 Å². The van der Waals surface area contributed by atoms with Gasteiger partial charge >= 0.3 is 5.97 Å². The van der Waals surface area contributed by atoms with Crippen molar-refractivity contribution in [3.63, 3.8) is 0 Å². The van der Waals surface area contributed by atoms with Crippen LogP contribution in [0.2, 0.25) is 0 Å². The average Bonchev–Trinajstić information content (AvgIpc) is 2.98. The van der Waals surface area contributed by atoms with Gasteiger partial charge in [0.1, 0.15) is 5.92 Å². The zero-order chi connectivity index (χ0) is 15.3. The van der Waals surface area contributed by atoms with E-state index >= 15 is 0 Å². The molecule has 3 aliphatic rings. The number of Topliss-reactive ketones (excluding diaryl/α,β-unsaturated/α-hetero) is 1. The molecule has 21 heavy (non-hydrogen) atoms. The Balaban J connectivity index is 1.88. The van der Waals surface area contributed by atoms with Gasteiger partial charge in [-0.05, 0) is 25.7 Å². The molecule has 1 heterocycles. The Hall–Kier alpha value is -0.940. The van der Waals surface area contributed by atoms with Gasteiger partial charge in [-0.15, -0.1) is 0 Å². The van der Waals surface area contributed by atoms with Gasteiger partial charge in [0.05, 0.1) is 25.7 Å². The lowest BCUT2D eigenvalue weighted by Crippen LogP contribution is -2.57. The highest BCUT2D eigenvalue weighted by molar-refractivity contribution is 6.04. The molecule has 3 rings (SSSR count). The summed E-state index contributed by atoms with van der Waals surface area (Å²) in [7, 11) is 1.33. The molecular formula is C16H24O5. The molecule has 0 amide bonds. The monoisotopic (exact) mass is 296 g/mol. The van der Waals surface area contributed by atoms with E-state index in [0.29, 0.717) is 26.1 Å². The standard InChI is InChI=1S/C16H24O5/c1-14(2)9-20-16(21-10-14)7-4-6-15(16)8-5-11(12(15)17)13(18)19-3/h11H,4-10H2,1-3H3/t11?,15-/m0/s1. The van der Waals surface area contributed by atoms with Gasteiger partial charge in [0, 0.05) is 11.8 Å². The fourth-order valence-corrected chi connectivity index (χ4v) is 4.15. The smallest absolute Gasteiger partial charge is 0.316 e. The van der Waals surface area contributed by atoms with E-state index in [4.69, 9.17) is 14.2 Å². The quantitative estimate of drug-likeness (QED) is 0.547. The van der Waals surface area contributed by atoms with Crippen LogP contribution in [0, 0.1) is 16.7 Å². The summed E-state index contributed by atoms with van der Waals surface area (Å²) in [5.74, 6) is -1.92. The molecule has 5 heteroatoms. The summed E-state index contributed by atoms with van der Waals surface area (Å²) in [4.78, 5) is 24.7. The molecule has 118 valence electrons. The van der Waals surface area contributed by atoms with Crippen molar-refractivity contribution in [2.75, 3.05) is 20.3 Å². The number of carbonyl (C=O) groups is 2. The third-order valence-corrected chi connectivity index (χ3v) is 5.36. The first-order chi connectivity index (χ1) is 9.86. The third kappa shape index (κ3) is 2.05. The topological polar surface area (TPSA) is 61.8 Å². The Labute approximate surface area is 125 Å². The number of carbonyl (C=O) groups excluding carboxylic acids is 2. The number of fused-ring (bicyclic) bond motifs is 1. The summed E-state index contributed by atoms with van der Waals surface area (Å²) in [5, 5.41) is 0. The second kappa shape index (κ2) is 4.78. The number of methoxy groups -OCH3 is 1. The molecule has 3 fully saturated rings. The predicted molar refractivity (Wildman–Crippen MR) is 74.4 cm³/mol. The maximum atomic E-state index is 12.9. The van der Waals surface area contributed by atoms with Gasteiger partial charge in [-0.2, -0.15) is 0 Å². The third-order valence-electron chi connectivity index (χ3n) is 5.36. The van der Waals surface area contributed by atoms with Crippen molar-refractivity contribution in [3.05, 3.63) is 0 Å². The van der Waals surface area contributed by atoms with E-state index in [1.54, 1.807) is 0 Å². The molecule has 0 aromatic heterocycles. The molecule has 0 aromatic rings. The zero-order valence-corrected chi connectivity index (χ0v) is 13.1. The summed E-state index contributed by atoms with van der Waals surface area (Å²) in [6, 6.07) is 0. The minimum Gasteiger partial charge on any atom is -0.468 e. The highest BCUT2D eigenvalue weighted by atomic mass is 16.7. The van der Waals surface area contributed by atoms with Crippen molar-refractivity contribution in [3.8, 4) is 0 Å². The Kier molecular flexibility index (Phi) is 3.41. The van der Waals surface area contributed by atoms with E-state index in [9.17, 15) is 9.59 Å². The minimum absolute atomic E-state index is 0.0293. The van der Waals surface area contributed by atoms with Crippen LogP contribution in [0.3, 0.4) is 0 Å². The minimum atomic E-state index is -0.817. The summed E-state index contributed by atoms with van der Waals surface area (Å²) in [5.41, 5.74) is -0.680. The summed E-state index contributed by atoms with van der Waals surface area (Å²) >= 11 is 0. The molecule has 1 saturated heterocycles. The van der Waals surface area contributed by atoms with E-state index in [1.165, 1.54) is 7.11 Å². The van der Waals surface area contributed by atoms with E-state index in [-0.39, 0.29) is 11.2 Å². The molecule has 2 saturated carbocycles. The molecule has 0 bridgehead atoms. The van der Waals surface area contributed by atoms with E-state index in [1.807, 2.05) is 0 Å². The van der Waals surface area contributed by atoms with E-state index in [2.05, 4.69) is 13.8 Å². The molecule has 0 N–H and O–H groups in total. The Bertz CT molecular complexity index is 459. The van der Waals surface area contributed by atoms with Crippen LogP contribution < -0.4 is 0 Å². The van der Waals surface area contributed by atoms with E-state index < -0.39 is 23.1 Å². The van der Waals surface area contributed by atoms with Crippen molar-refractivity contribution in [2.45, 2.75) is 51.7 Å². The van der Waals surface area contributed by atoms with Crippen LogP contribution in [0.4, 0.5) is 0 Å². The van der Waals surface area contributed by atoms with Gasteiger partial charge in [0.15, 0.2) is 11.6 Å². The van der Waals surface area contributed by atoms with Crippen LogP contribution in [0.15, 0.2) is 0 Å². The number of esters is 1. The normalized spacial score (nSPS) is 37.3. The van der Waals surface area contributed by atoms with Crippen molar-refractivity contribution in [1.29, 1.82) is 0 Å². The number of hydrogen-bond donors (Lipinski definition) is 0.